The highest BCUT2D eigenvalue weighted by molar-refractivity contribution is 6.06. The summed E-state index contributed by atoms with van der Waals surface area (Å²) in [6.45, 7) is 7.29. The van der Waals surface area contributed by atoms with Gasteiger partial charge in [-0.3, -0.25) is 9.59 Å². The molecule has 0 aliphatic heterocycles. The number of esters is 1. The molecule has 0 spiro atoms. The zero-order valence-electron chi connectivity index (χ0n) is 10.0. The van der Waals surface area contributed by atoms with E-state index in [1.54, 1.807) is 27.8 Å². The zero-order chi connectivity index (χ0) is 11.9. The van der Waals surface area contributed by atoms with Crippen LogP contribution < -0.4 is 5.32 Å². The number of carbonyl (C=O) groups is 2. The maximum atomic E-state index is 11.9. The molecular weight excluding hydrogens is 194 g/mol. The van der Waals surface area contributed by atoms with E-state index in [2.05, 4.69) is 5.32 Å². The SMILES string of the molecule is CNC(=O)[C@]1(C(=O)OC(C)(C)C)C[C@H]1C. The molecule has 2 atom stereocenters. The topological polar surface area (TPSA) is 55.4 Å². The Hall–Kier alpha value is -1.06. The van der Waals surface area contributed by atoms with E-state index in [9.17, 15) is 9.59 Å². The molecule has 0 unspecified atom stereocenters. The summed E-state index contributed by atoms with van der Waals surface area (Å²) in [4.78, 5) is 23.5. The van der Waals surface area contributed by atoms with Crippen LogP contribution in [-0.4, -0.2) is 24.5 Å². The van der Waals surface area contributed by atoms with Gasteiger partial charge in [0.1, 0.15) is 11.0 Å². The molecule has 0 aromatic heterocycles. The molecule has 0 aromatic rings. The molecule has 1 rings (SSSR count). The van der Waals surface area contributed by atoms with Gasteiger partial charge in [-0.05, 0) is 33.1 Å². The second kappa shape index (κ2) is 3.51. The van der Waals surface area contributed by atoms with Crippen molar-refractivity contribution in [1.29, 1.82) is 0 Å². The van der Waals surface area contributed by atoms with E-state index in [0.717, 1.165) is 0 Å². The summed E-state index contributed by atoms with van der Waals surface area (Å²) in [6.07, 6.45) is 0.585. The van der Waals surface area contributed by atoms with Crippen LogP contribution in [0.1, 0.15) is 34.1 Å². The first-order valence-electron chi connectivity index (χ1n) is 5.19. The predicted octanol–water partition coefficient (Wildman–Crippen LogP) is 1.10. The highest BCUT2D eigenvalue weighted by Gasteiger charge is 2.64. The molecule has 1 amide bonds. The average molecular weight is 213 g/mol. The van der Waals surface area contributed by atoms with Crippen molar-refractivity contribution in [3.8, 4) is 0 Å². The quantitative estimate of drug-likeness (QED) is 0.552. The van der Waals surface area contributed by atoms with Crippen LogP contribution in [0.5, 0.6) is 0 Å². The standard InChI is InChI=1S/C11H19NO3/c1-7-6-11(7,8(13)12-5)9(14)15-10(2,3)4/h7H,6H2,1-5H3,(H,12,13)/t7-,11+/m1/s1. The molecule has 1 aliphatic rings. The van der Waals surface area contributed by atoms with Crippen molar-refractivity contribution in [3.63, 3.8) is 0 Å². The second-order valence-corrected chi connectivity index (χ2v) is 5.16. The lowest BCUT2D eigenvalue weighted by Gasteiger charge is -2.23. The van der Waals surface area contributed by atoms with Gasteiger partial charge in [-0.2, -0.15) is 0 Å². The summed E-state index contributed by atoms with van der Waals surface area (Å²) in [5, 5.41) is 2.53. The van der Waals surface area contributed by atoms with Crippen LogP contribution in [0, 0.1) is 11.3 Å². The predicted molar refractivity (Wildman–Crippen MR) is 56.1 cm³/mol. The Bertz CT molecular complexity index is 293. The van der Waals surface area contributed by atoms with E-state index in [1.165, 1.54) is 0 Å². The van der Waals surface area contributed by atoms with Gasteiger partial charge in [0.25, 0.3) is 0 Å². The van der Waals surface area contributed by atoms with E-state index >= 15 is 0 Å². The maximum Gasteiger partial charge on any atom is 0.322 e. The normalized spacial score (nSPS) is 29.5. The number of ether oxygens (including phenoxy) is 1. The van der Waals surface area contributed by atoms with Gasteiger partial charge in [0, 0.05) is 7.05 Å². The Labute approximate surface area is 90.4 Å². The van der Waals surface area contributed by atoms with Crippen molar-refractivity contribution in [2.75, 3.05) is 7.05 Å². The van der Waals surface area contributed by atoms with Crippen molar-refractivity contribution in [2.45, 2.75) is 39.7 Å². The van der Waals surface area contributed by atoms with Gasteiger partial charge in [-0.25, -0.2) is 0 Å². The Kier molecular flexibility index (Phi) is 2.81. The first-order valence-corrected chi connectivity index (χ1v) is 5.19. The van der Waals surface area contributed by atoms with E-state index in [1.807, 2.05) is 6.92 Å². The van der Waals surface area contributed by atoms with Crippen LogP contribution >= 0.6 is 0 Å². The molecule has 1 saturated carbocycles. The Morgan fingerprint density at radius 3 is 2.13 bits per heavy atom. The fourth-order valence-corrected chi connectivity index (χ4v) is 1.71. The summed E-state index contributed by atoms with van der Waals surface area (Å²) >= 11 is 0. The molecular formula is C11H19NO3. The minimum absolute atomic E-state index is 0.0762. The summed E-state index contributed by atoms with van der Waals surface area (Å²) in [5.74, 6) is -0.557. The van der Waals surface area contributed by atoms with Crippen molar-refractivity contribution in [2.24, 2.45) is 11.3 Å². The number of hydrogen-bond donors (Lipinski definition) is 1. The average Bonchev–Trinajstić information content (AvgIpc) is 2.74. The lowest BCUT2D eigenvalue weighted by atomic mass is 10.0. The summed E-state index contributed by atoms with van der Waals surface area (Å²) in [5.41, 5.74) is -1.47. The highest BCUT2D eigenvalue weighted by atomic mass is 16.6. The van der Waals surface area contributed by atoms with Gasteiger partial charge >= 0.3 is 5.97 Å². The third kappa shape index (κ3) is 2.13. The largest absolute Gasteiger partial charge is 0.459 e. The summed E-state index contributed by atoms with van der Waals surface area (Å²) < 4.78 is 5.26. The molecule has 1 fully saturated rings. The Morgan fingerprint density at radius 2 is 1.87 bits per heavy atom. The number of rotatable bonds is 2. The smallest absolute Gasteiger partial charge is 0.322 e. The molecule has 0 radical (unpaired) electrons. The molecule has 15 heavy (non-hydrogen) atoms. The first-order chi connectivity index (χ1) is 6.74. The highest BCUT2D eigenvalue weighted by Crippen LogP contribution is 2.53. The summed E-state index contributed by atoms with van der Waals surface area (Å²) in [6, 6.07) is 0. The van der Waals surface area contributed by atoms with Gasteiger partial charge in [-0.15, -0.1) is 0 Å². The third-order valence-corrected chi connectivity index (χ3v) is 2.70. The number of carbonyl (C=O) groups excluding carboxylic acids is 2. The monoisotopic (exact) mass is 213 g/mol. The van der Waals surface area contributed by atoms with Crippen LogP contribution in [-0.2, 0) is 14.3 Å². The molecule has 0 bridgehead atoms. The van der Waals surface area contributed by atoms with E-state index in [-0.39, 0.29) is 11.8 Å². The lowest BCUT2D eigenvalue weighted by molar-refractivity contribution is -0.165. The molecule has 0 heterocycles. The van der Waals surface area contributed by atoms with Crippen molar-refractivity contribution in [1.82, 2.24) is 5.32 Å². The number of nitrogens with one attached hydrogen (secondary N) is 1. The number of hydrogen-bond acceptors (Lipinski definition) is 3. The third-order valence-electron chi connectivity index (χ3n) is 2.70. The molecule has 1 N–H and O–H groups in total. The van der Waals surface area contributed by atoms with E-state index in [4.69, 9.17) is 4.74 Å². The molecule has 4 nitrogen and oxygen atoms in total. The minimum atomic E-state index is -0.929. The zero-order valence-corrected chi connectivity index (χ0v) is 10.0. The maximum absolute atomic E-state index is 11.9. The molecule has 4 heteroatoms. The van der Waals surface area contributed by atoms with Crippen LogP contribution in [0.2, 0.25) is 0 Å². The Morgan fingerprint density at radius 1 is 1.40 bits per heavy atom. The number of amides is 1. The Balaban J connectivity index is 2.77. The van der Waals surface area contributed by atoms with E-state index in [0.29, 0.717) is 6.42 Å². The molecule has 0 aromatic carbocycles. The van der Waals surface area contributed by atoms with Gasteiger partial charge in [-0.1, -0.05) is 6.92 Å². The fraction of sp³-hybridized carbons (Fsp3) is 0.818. The van der Waals surface area contributed by atoms with Crippen molar-refractivity contribution in [3.05, 3.63) is 0 Å². The van der Waals surface area contributed by atoms with Crippen LogP contribution in [0.4, 0.5) is 0 Å². The van der Waals surface area contributed by atoms with Gasteiger partial charge in [0.05, 0.1) is 0 Å². The lowest BCUT2D eigenvalue weighted by Crippen LogP contribution is -2.40. The molecule has 0 saturated heterocycles. The minimum Gasteiger partial charge on any atom is -0.459 e. The van der Waals surface area contributed by atoms with Crippen molar-refractivity contribution >= 4 is 11.9 Å². The second-order valence-electron chi connectivity index (χ2n) is 5.16. The fourth-order valence-electron chi connectivity index (χ4n) is 1.71. The summed E-state index contributed by atoms with van der Waals surface area (Å²) in [7, 11) is 1.54. The first kappa shape index (κ1) is 12.0. The van der Waals surface area contributed by atoms with E-state index < -0.39 is 17.0 Å². The van der Waals surface area contributed by atoms with Gasteiger partial charge in [0.2, 0.25) is 5.91 Å². The molecule has 1 aliphatic carbocycles. The van der Waals surface area contributed by atoms with Gasteiger partial charge < -0.3 is 10.1 Å². The van der Waals surface area contributed by atoms with Crippen LogP contribution in [0.15, 0.2) is 0 Å². The molecule has 86 valence electrons. The van der Waals surface area contributed by atoms with Crippen molar-refractivity contribution < 1.29 is 14.3 Å². The van der Waals surface area contributed by atoms with Crippen LogP contribution in [0.25, 0.3) is 0 Å². The van der Waals surface area contributed by atoms with Gasteiger partial charge in [0.15, 0.2) is 0 Å². The van der Waals surface area contributed by atoms with Crippen LogP contribution in [0.3, 0.4) is 0 Å².